The SMILES string of the molecule is CC(C)(C)NCC(=O)CCC(=O)C(C)(C)C. The average Bonchev–Trinajstić information content (AvgIpc) is 2.08. The molecule has 0 aromatic rings. The zero-order chi connectivity index (χ0) is 13.0. The first-order valence-electron chi connectivity index (χ1n) is 5.82. The monoisotopic (exact) mass is 227 g/mol. The Kier molecular flexibility index (Phi) is 5.33. The molecule has 0 amide bonds. The van der Waals surface area contributed by atoms with Gasteiger partial charge in [-0.3, -0.25) is 9.59 Å². The van der Waals surface area contributed by atoms with Gasteiger partial charge in [0.2, 0.25) is 0 Å². The summed E-state index contributed by atoms with van der Waals surface area (Å²) in [6, 6.07) is 0. The topological polar surface area (TPSA) is 46.2 Å². The van der Waals surface area contributed by atoms with E-state index in [9.17, 15) is 9.59 Å². The van der Waals surface area contributed by atoms with Crippen molar-refractivity contribution in [1.29, 1.82) is 0 Å². The van der Waals surface area contributed by atoms with E-state index in [4.69, 9.17) is 0 Å². The fourth-order valence-electron chi connectivity index (χ4n) is 1.08. The number of nitrogens with one attached hydrogen (secondary N) is 1. The molecule has 94 valence electrons. The van der Waals surface area contributed by atoms with Crippen molar-refractivity contribution in [1.82, 2.24) is 5.32 Å². The first-order chi connectivity index (χ1) is 7.02. The van der Waals surface area contributed by atoms with Crippen molar-refractivity contribution in [2.75, 3.05) is 6.54 Å². The van der Waals surface area contributed by atoms with E-state index in [1.807, 2.05) is 41.5 Å². The first kappa shape index (κ1) is 15.3. The standard InChI is InChI=1S/C13H25NO2/c1-12(2,3)11(16)8-7-10(15)9-14-13(4,5)6/h14H,7-9H2,1-6H3. The van der Waals surface area contributed by atoms with Gasteiger partial charge in [-0.15, -0.1) is 0 Å². The van der Waals surface area contributed by atoms with E-state index in [0.29, 0.717) is 19.4 Å². The number of carbonyl (C=O) groups excluding carboxylic acids is 2. The molecule has 0 atom stereocenters. The highest BCUT2D eigenvalue weighted by Crippen LogP contribution is 2.17. The van der Waals surface area contributed by atoms with Crippen LogP contribution in [0.4, 0.5) is 0 Å². The van der Waals surface area contributed by atoms with Gasteiger partial charge in [-0.2, -0.15) is 0 Å². The third-order valence-electron chi connectivity index (χ3n) is 2.28. The van der Waals surface area contributed by atoms with E-state index in [2.05, 4.69) is 5.32 Å². The van der Waals surface area contributed by atoms with Crippen LogP contribution < -0.4 is 5.32 Å². The Morgan fingerprint density at radius 3 is 1.81 bits per heavy atom. The van der Waals surface area contributed by atoms with Crippen molar-refractivity contribution in [3.05, 3.63) is 0 Å². The van der Waals surface area contributed by atoms with Crippen LogP contribution in [0.5, 0.6) is 0 Å². The first-order valence-corrected chi connectivity index (χ1v) is 5.82. The molecular weight excluding hydrogens is 202 g/mol. The molecule has 0 aliphatic carbocycles. The molecule has 16 heavy (non-hydrogen) atoms. The summed E-state index contributed by atoms with van der Waals surface area (Å²) in [6.45, 7) is 12.0. The number of hydrogen-bond acceptors (Lipinski definition) is 3. The molecule has 0 radical (unpaired) electrons. The number of hydrogen-bond donors (Lipinski definition) is 1. The zero-order valence-corrected chi connectivity index (χ0v) is 11.4. The van der Waals surface area contributed by atoms with Crippen LogP contribution in [0.1, 0.15) is 54.4 Å². The molecule has 0 bridgehead atoms. The Hall–Kier alpha value is -0.700. The van der Waals surface area contributed by atoms with Crippen molar-refractivity contribution in [2.45, 2.75) is 59.9 Å². The molecule has 0 heterocycles. The maximum Gasteiger partial charge on any atom is 0.147 e. The number of rotatable bonds is 5. The summed E-state index contributed by atoms with van der Waals surface area (Å²) >= 11 is 0. The molecule has 0 aromatic carbocycles. The van der Waals surface area contributed by atoms with Gasteiger partial charge in [0.05, 0.1) is 6.54 Å². The predicted octanol–water partition coefficient (Wildman–Crippen LogP) is 2.34. The number of ketones is 2. The Bertz CT molecular complexity index is 256. The molecule has 1 N–H and O–H groups in total. The summed E-state index contributed by atoms with van der Waals surface area (Å²) in [7, 11) is 0. The Labute approximate surface area is 99.0 Å². The quantitative estimate of drug-likeness (QED) is 0.784. The lowest BCUT2D eigenvalue weighted by atomic mass is 9.88. The molecule has 0 rings (SSSR count). The van der Waals surface area contributed by atoms with Gasteiger partial charge in [-0.1, -0.05) is 20.8 Å². The molecule has 0 saturated heterocycles. The van der Waals surface area contributed by atoms with E-state index in [1.54, 1.807) is 0 Å². The van der Waals surface area contributed by atoms with Gasteiger partial charge in [-0.05, 0) is 20.8 Å². The van der Waals surface area contributed by atoms with Gasteiger partial charge in [-0.25, -0.2) is 0 Å². The molecule has 3 heteroatoms. The second-order valence-corrected chi connectivity index (χ2v) is 6.32. The Balaban J connectivity index is 3.88. The van der Waals surface area contributed by atoms with Crippen molar-refractivity contribution in [3.8, 4) is 0 Å². The second-order valence-electron chi connectivity index (χ2n) is 6.32. The molecule has 0 aromatic heterocycles. The molecular formula is C13H25NO2. The molecule has 0 aliphatic rings. The maximum absolute atomic E-state index is 11.6. The van der Waals surface area contributed by atoms with Gasteiger partial charge in [0.1, 0.15) is 11.6 Å². The highest BCUT2D eigenvalue weighted by Gasteiger charge is 2.21. The number of carbonyl (C=O) groups is 2. The summed E-state index contributed by atoms with van der Waals surface area (Å²) in [5.41, 5.74) is -0.387. The predicted molar refractivity (Wildman–Crippen MR) is 66.5 cm³/mol. The van der Waals surface area contributed by atoms with Crippen molar-refractivity contribution in [2.24, 2.45) is 5.41 Å². The van der Waals surface area contributed by atoms with Gasteiger partial charge >= 0.3 is 0 Å². The van der Waals surface area contributed by atoms with Crippen LogP contribution in [0.25, 0.3) is 0 Å². The van der Waals surface area contributed by atoms with Crippen LogP contribution in [0.3, 0.4) is 0 Å². The minimum Gasteiger partial charge on any atom is -0.305 e. The lowest BCUT2D eigenvalue weighted by molar-refractivity contribution is -0.128. The van der Waals surface area contributed by atoms with Crippen molar-refractivity contribution < 1.29 is 9.59 Å². The van der Waals surface area contributed by atoms with Gasteiger partial charge in [0, 0.05) is 23.8 Å². The van der Waals surface area contributed by atoms with Crippen LogP contribution >= 0.6 is 0 Å². The normalized spacial score (nSPS) is 12.6. The summed E-state index contributed by atoms with van der Waals surface area (Å²) in [5, 5.41) is 3.12. The summed E-state index contributed by atoms with van der Waals surface area (Å²) in [4.78, 5) is 23.1. The van der Waals surface area contributed by atoms with Crippen LogP contribution in [0.2, 0.25) is 0 Å². The zero-order valence-electron chi connectivity index (χ0n) is 11.4. The highest BCUT2D eigenvalue weighted by molar-refractivity contribution is 5.89. The Morgan fingerprint density at radius 1 is 0.938 bits per heavy atom. The third-order valence-corrected chi connectivity index (χ3v) is 2.28. The minimum absolute atomic E-state index is 0.0519. The van der Waals surface area contributed by atoms with Gasteiger partial charge < -0.3 is 5.32 Å². The molecule has 0 spiro atoms. The summed E-state index contributed by atoms with van der Waals surface area (Å²) < 4.78 is 0. The van der Waals surface area contributed by atoms with E-state index in [0.717, 1.165) is 0 Å². The average molecular weight is 227 g/mol. The lowest BCUT2D eigenvalue weighted by Gasteiger charge is -2.20. The molecule has 0 saturated carbocycles. The van der Waals surface area contributed by atoms with Gasteiger partial charge in [0.15, 0.2) is 0 Å². The van der Waals surface area contributed by atoms with Crippen LogP contribution in [-0.4, -0.2) is 23.7 Å². The lowest BCUT2D eigenvalue weighted by Crippen LogP contribution is -2.39. The smallest absolute Gasteiger partial charge is 0.147 e. The fraction of sp³-hybridized carbons (Fsp3) is 0.846. The molecule has 3 nitrogen and oxygen atoms in total. The van der Waals surface area contributed by atoms with Crippen LogP contribution in [0.15, 0.2) is 0 Å². The number of Topliss-reactive ketones (excluding diaryl/α,β-unsaturated/α-hetero) is 2. The van der Waals surface area contributed by atoms with E-state index in [1.165, 1.54) is 0 Å². The largest absolute Gasteiger partial charge is 0.305 e. The summed E-state index contributed by atoms with van der Waals surface area (Å²) in [5.74, 6) is 0.254. The summed E-state index contributed by atoms with van der Waals surface area (Å²) in [6.07, 6.45) is 0.702. The van der Waals surface area contributed by atoms with E-state index < -0.39 is 0 Å². The highest BCUT2D eigenvalue weighted by atomic mass is 16.1. The van der Waals surface area contributed by atoms with E-state index in [-0.39, 0.29) is 22.5 Å². The van der Waals surface area contributed by atoms with Crippen LogP contribution in [-0.2, 0) is 9.59 Å². The molecule has 0 fully saturated rings. The van der Waals surface area contributed by atoms with Crippen LogP contribution in [0, 0.1) is 5.41 Å². The van der Waals surface area contributed by atoms with E-state index >= 15 is 0 Å². The maximum atomic E-state index is 11.6. The second kappa shape index (κ2) is 5.58. The fourth-order valence-corrected chi connectivity index (χ4v) is 1.08. The minimum atomic E-state index is -0.336. The van der Waals surface area contributed by atoms with Gasteiger partial charge in [0.25, 0.3) is 0 Å². The van der Waals surface area contributed by atoms with Crippen molar-refractivity contribution in [3.63, 3.8) is 0 Å². The third kappa shape index (κ3) is 7.57. The molecule has 0 aliphatic heterocycles. The Morgan fingerprint density at radius 2 is 1.44 bits per heavy atom. The van der Waals surface area contributed by atoms with Crippen molar-refractivity contribution >= 4 is 11.6 Å². The molecule has 0 unspecified atom stereocenters.